The van der Waals surface area contributed by atoms with E-state index < -0.39 is 23.2 Å². The molecule has 2 heterocycles. The highest BCUT2D eigenvalue weighted by Gasteiger charge is 2.26. The van der Waals surface area contributed by atoms with Crippen LogP contribution in [0, 0.1) is 0 Å². The minimum atomic E-state index is -1.04. The highest BCUT2D eigenvalue weighted by molar-refractivity contribution is 5.86. The number of aromatic amines is 2. The number of carbonyl (C=O) groups excluding carboxylic acids is 1. The zero-order valence-corrected chi connectivity index (χ0v) is 16.2. The largest absolute Gasteiger partial charge is 0.396 e. The van der Waals surface area contributed by atoms with E-state index in [4.69, 9.17) is 5.11 Å². The lowest BCUT2D eigenvalue weighted by molar-refractivity contribution is -0.124. The van der Waals surface area contributed by atoms with Crippen LogP contribution >= 0.6 is 0 Å². The topological polar surface area (TPSA) is 120 Å². The molecule has 0 bridgehead atoms. The van der Waals surface area contributed by atoms with Crippen LogP contribution in [0.1, 0.15) is 18.0 Å². The molecular weight excluding hydrogens is 384 g/mol. The molecule has 8 heteroatoms. The summed E-state index contributed by atoms with van der Waals surface area (Å²) in [6.45, 7) is 0.184. The molecule has 4 N–H and O–H groups in total. The standard InChI is InChI=1S/C22H22N4O4/c27-11-5-10-23-20(28)19(12-14-13-24-17-8-3-1-6-15(14)17)26-21(29)16-7-2-4-9-18(16)25-22(26)30/h1-4,6-9,13,19,24,27H,5,10-12H2,(H,23,28)(H,25,30)/t19-/m1/s1. The molecule has 4 aromatic rings. The Balaban J connectivity index is 1.81. The third-order valence-electron chi connectivity index (χ3n) is 5.17. The van der Waals surface area contributed by atoms with Crippen LogP contribution in [-0.2, 0) is 11.2 Å². The molecule has 0 unspecified atom stereocenters. The highest BCUT2D eigenvalue weighted by Crippen LogP contribution is 2.22. The lowest BCUT2D eigenvalue weighted by Gasteiger charge is -2.19. The summed E-state index contributed by atoms with van der Waals surface area (Å²) in [5, 5.41) is 13.0. The van der Waals surface area contributed by atoms with E-state index in [0.29, 0.717) is 17.3 Å². The molecule has 2 aromatic carbocycles. The molecule has 0 spiro atoms. The van der Waals surface area contributed by atoms with Crippen molar-refractivity contribution in [2.24, 2.45) is 0 Å². The molecule has 0 saturated carbocycles. The van der Waals surface area contributed by atoms with Gasteiger partial charge in [0, 0.05) is 36.7 Å². The third-order valence-corrected chi connectivity index (χ3v) is 5.17. The van der Waals surface area contributed by atoms with Gasteiger partial charge >= 0.3 is 5.69 Å². The van der Waals surface area contributed by atoms with Crippen LogP contribution in [0.25, 0.3) is 21.8 Å². The Kier molecular flexibility index (Phi) is 5.49. The molecule has 0 saturated heterocycles. The molecule has 1 amide bonds. The number of aliphatic hydroxyl groups is 1. The smallest absolute Gasteiger partial charge is 0.329 e. The van der Waals surface area contributed by atoms with Gasteiger partial charge in [-0.15, -0.1) is 0 Å². The summed E-state index contributed by atoms with van der Waals surface area (Å²) in [7, 11) is 0. The molecule has 4 rings (SSSR count). The van der Waals surface area contributed by atoms with E-state index in [1.807, 2.05) is 24.3 Å². The maximum atomic E-state index is 13.1. The maximum Gasteiger partial charge on any atom is 0.329 e. The second kappa shape index (κ2) is 8.38. The number of amides is 1. The Morgan fingerprint density at radius 3 is 2.50 bits per heavy atom. The zero-order chi connectivity index (χ0) is 21.1. The van der Waals surface area contributed by atoms with Gasteiger partial charge in [0.05, 0.1) is 10.9 Å². The fourth-order valence-corrected chi connectivity index (χ4v) is 3.68. The predicted octanol–water partition coefficient (Wildman–Crippen LogP) is 1.45. The number of H-pyrrole nitrogens is 2. The second-order valence-corrected chi connectivity index (χ2v) is 7.10. The lowest BCUT2D eigenvalue weighted by atomic mass is 10.0. The van der Waals surface area contributed by atoms with Gasteiger partial charge in [-0.25, -0.2) is 9.36 Å². The van der Waals surface area contributed by atoms with E-state index in [1.165, 1.54) is 0 Å². The van der Waals surface area contributed by atoms with Crippen LogP contribution in [0.4, 0.5) is 0 Å². The number of nitrogens with zero attached hydrogens (tertiary/aromatic N) is 1. The molecule has 0 aliphatic carbocycles. The fraction of sp³-hybridized carbons (Fsp3) is 0.227. The third kappa shape index (κ3) is 3.65. The van der Waals surface area contributed by atoms with Crippen LogP contribution < -0.4 is 16.6 Å². The number of rotatable bonds is 7. The van der Waals surface area contributed by atoms with Crippen molar-refractivity contribution in [3.8, 4) is 0 Å². The number of fused-ring (bicyclic) bond motifs is 2. The van der Waals surface area contributed by atoms with E-state index in [-0.39, 0.29) is 19.6 Å². The first-order chi connectivity index (χ1) is 14.6. The quantitative estimate of drug-likeness (QED) is 0.347. The van der Waals surface area contributed by atoms with Gasteiger partial charge in [0.2, 0.25) is 5.91 Å². The molecular formula is C22H22N4O4. The van der Waals surface area contributed by atoms with Gasteiger partial charge < -0.3 is 20.4 Å². The number of nitrogens with one attached hydrogen (secondary N) is 3. The number of aliphatic hydroxyl groups excluding tert-OH is 1. The van der Waals surface area contributed by atoms with E-state index in [1.54, 1.807) is 30.5 Å². The number of hydrogen-bond donors (Lipinski definition) is 4. The number of aromatic nitrogens is 3. The molecule has 2 aromatic heterocycles. The minimum absolute atomic E-state index is 0.0656. The van der Waals surface area contributed by atoms with Crippen molar-refractivity contribution < 1.29 is 9.90 Å². The van der Waals surface area contributed by atoms with Crippen LogP contribution in [0.5, 0.6) is 0 Å². The molecule has 0 fully saturated rings. The summed E-state index contributed by atoms with van der Waals surface area (Å²) >= 11 is 0. The van der Waals surface area contributed by atoms with Crippen molar-refractivity contribution in [2.75, 3.05) is 13.2 Å². The van der Waals surface area contributed by atoms with E-state index >= 15 is 0 Å². The Bertz CT molecular complexity index is 1320. The molecule has 1 atom stereocenters. The second-order valence-electron chi connectivity index (χ2n) is 7.10. The minimum Gasteiger partial charge on any atom is -0.396 e. The fourth-order valence-electron chi connectivity index (χ4n) is 3.68. The molecule has 30 heavy (non-hydrogen) atoms. The normalized spacial score (nSPS) is 12.3. The van der Waals surface area contributed by atoms with Crippen molar-refractivity contribution in [3.63, 3.8) is 0 Å². The Morgan fingerprint density at radius 2 is 1.73 bits per heavy atom. The summed E-state index contributed by atoms with van der Waals surface area (Å²) in [5.74, 6) is -0.448. The lowest BCUT2D eigenvalue weighted by Crippen LogP contribution is -2.45. The summed E-state index contributed by atoms with van der Waals surface area (Å²) in [5.41, 5.74) is 1.01. The molecule has 154 valence electrons. The number of hydrogen-bond acceptors (Lipinski definition) is 4. The van der Waals surface area contributed by atoms with Crippen molar-refractivity contribution in [1.29, 1.82) is 0 Å². The van der Waals surface area contributed by atoms with Crippen LogP contribution in [-0.4, -0.2) is 38.7 Å². The van der Waals surface area contributed by atoms with Gasteiger partial charge in [0.15, 0.2) is 0 Å². The maximum absolute atomic E-state index is 13.1. The predicted molar refractivity (Wildman–Crippen MR) is 115 cm³/mol. The van der Waals surface area contributed by atoms with Crippen molar-refractivity contribution in [3.05, 3.63) is 81.1 Å². The number of benzene rings is 2. The molecule has 0 radical (unpaired) electrons. The average Bonchev–Trinajstić information content (AvgIpc) is 3.16. The summed E-state index contributed by atoms with van der Waals surface area (Å²) in [4.78, 5) is 44.8. The Hall–Kier alpha value is -3.65. The average molecular weight is 406 g/mol. The van der Waals surface area contributed by atoms with Gasteiger partial charge in [0.25, 0.3) is 5.56 Å². The van der Waals surface area contributed by atoms with Gasteiger partial charge in [-0.2, -0.15) is 0 Å². The van der Waals surface area contributed by atoms with Crippen molar-refractivity contribution in [2.45, 2.75) is 18.9 Å². The molecule has 0 aliphatic heterocycles. The van der Waals surface area contributed by atoms with Crippen LogP contribution in [0.15, 0.2) is 64.3 Å². The monoisotopic (exact) mass is 406 g/mol. The number of para-hydroxylation sites is 2. The van der Waals surface area contributed by atoms with E-state index in [2.05, 4.69) is 15.3 Å². The molecule has 8 nitrogen and oxygen atoms in total. The molecule has 0 aliphatic rings. The first-order valence-corrected chi connectivity index (χ1v) is 9.77. The van der Waals surface area contributed by atoms with Crippen LogP contribution in [0.3, 0.4) is 0 Å². The van der Waals surface area contributed by atoms with Crippen LogP contribution in [0.2, 0.25) is 0 Å². The van der Waals surface area contributed by atoms with Gasteiger partial charge in [-0.1, -0.05) is 30.3 Å². The SMILES string of the molecule is O=C(NCCCO)[C@@H](Cc1c[nH]c2ccccc12)n1c(=O)[nH]c2ccccc2c1=O. The summed E-state index contributed by atoms with van der Waals surface area (Å²) in [6, 6.07) is 13.3. The van der Waals surface area contributed by atoms with E-state index in [0.717, 1.165) is 21.0 Å². The summed E-state index contributed by atoms with van der Waals surface area (Å²) in [6.07, 6.45) is 2.34. The summed E-state index contributed by atoms with van der Waals surface area (Å²) < 4.78 is 0.985. The van der Waals surface area contributed by atoms with Gasteiger partial charge in [0.1, 0.15) is 6.04 Å². The first-order valence-electron chi connectivity index (χ1n) is 9.77. The van der Waals surface area contributed by atoms with Crippen molar-refractivity contribution in [1.82, 2.24) is 19.9 Å². The van der Waals surface area contributed by atoms with Gasteiger partial charge in [-0.3, -0.25) is 9.59 Å². The Morgan fingerprint density at radius 1 is 1.03 bits per heavy atom. The zero-order valence-electron chi connectivity index (χ0n) is 16.2. The Labute approximate surface area is 171 Å². The highest BCUT2D eigenvalue weighted by atomic mass is 16.3. The van der Waals surface area contributed by atoms with E-state index in [9.17, 15) is 14.4 Å². The first kappa shape index (κ1) is 19.7. The van der Waals surface area contributed by atoms with Crippen molar-refractivity contribution >= 4 is 27.7 Å². The number of carbonyl (C=O) groups is 1. The van der Waals surface area contributed by atoms with Gasteiger partial charge in [-0.05, 0) is 30.2 Å².